The van der Waals surface area contributed by atoms with Crippen molar-refractivity contribution in [3.05, 3.63) is 65.2 Å². The lowest BCUT2D eigenvalue weighted by Crippen LogP contribution is -2.36. The van der Waals surface area contributed by atoms with E-state index < -0.39 is 6.10 Å². The molecular weight excluding hydrogens is 336 g/mol. The van der Waals surface area contributed by atoms with Gasteiger partial charge in [-0.25, -0.2) is 0 Å². The van der Waals surface area contributed by atoms with E-state index in [4.69, 9.17) is 4.74 Å². The molecule has 4 nitrogen and oxygen atoms in total. The van der Waals surface area contributed by atoms with Crippen molar-refractivity contribution in [2.45, 2.75) is 52.3 Å². The molecule has 1 aliphatic heterocycles. The molecule has 27 heavy (non-hydrogen) atoms. The van der Waals surface area contributed by atoms with E-state index in [-0.39, 0.29) is 5.91 Å². The molecule has 0 unspecified atom stereocenters. The normalized spacial score (nSPS) is 15.9. The predicted molar refractivity (Wildman–Crippen MR) is 109 cm³/mol. The second kappa shape index (κ2) is 9.56. The molecule has 2 aromatic carbocycles. The number of aryl methyl sites for hydroxylation is 1. The molecule has 1 N–H and O–H groups in total. The number of amides is 1. The van der Waals surface area contributed by atoms with Crippen LogP contribution in [0.4, 0.5) is 0 Å². The highest BCUT2D eigenvalue weighted by Crippen LogP contribution is 2.17. The predicted octanol–water partition coefficient (Wildman–Crippen LogP) is 4.06. The first kappa shape index (κ1) is 19.4. The van der Waals surface area contributed by atoms with Crippen LogP contribution >= 0.6 is 0 Å². The summed E-state index contributed by atoms with van der Waals surface area (Å²) >= 11 is 0. The van der Waals surface area contributed by atoms with Crippen LogP contribution in [0.25, 0.3) is 0 Å². The molecule has 144 valence electrons. The lowest BCUT2D eigenvalue weighted by atomic mass is 10.0. The lowest BCUT2D eigenvalue weighted by molar-refractivity contribution is -0.127. The largest absolute Gasteiger partial charge is 0.481 e. The highest BCUT2D eigenvalue weighted by atomic mass is 16.5. The Morgan fingerprint density at radius 1 is 1.07 bits per heavy atom. The number of rotatable bonds is 7. The van der Waals surface area contributed by atoms with Crippen LogP contribution in [0.2, 0.25) is 0 Å². The van der Waals surface area contributed by atoms with E-state index in [1.165, 1.54) is 43.5 Å². The smallest absolute Gasteiger partial charge is 0.261 e. The maximum absolute atomic E-state index is 12.5. The second-order valence-corrected chi connectivity index (χ2v) is 7.40. The minimum absolute atomic E-state index is 0.0933. The number of piperidine rings is 1. The fourth-order valence-electron chi connectivity index (χ4n) is 3.51. The molecule has 0 aliphatic carbocycles. The van der Waals surface area contributed by atoms with Crippen LogP contribution in [0, 0.1) is 6.92 Å². The third kappa shape index (κ3) is 5.83. The number of carbonyl (C=O) groups excluding carboxylic acids is 1. The van der Waals surface area contributed by atoms with Gasteiger partial charge in [0.05, 0.1) is 0 Å². The number of hydrogen-bond acceptors (Lipinski definition) is 3. The zero-order valence-electron chi connectivity index (χ0n) is 16.4. The van der Waals surface area contributed by atoms with E-state index in [2.05, 4.69) is 28.4 Å². The van der Waals surface area contributed by atoms with Crippen LogP contribution in [-0.2, 0) is 17.9 Å². The second-order valence-electron chi connectivity index (χ2n) is 7.40. The summed E-state index contributed by atoms with van der Waals surface area (Å²) in [6.45, 7) is 7.63. The van der Waals surface area contributed by atoms with Gasteiger partial charge in [-0.1, -0.05) is 42.8 Å². The summed E-state index contributed by atoms with van der Waals surface area (Å²) < 4.78 is 5.78. The molecule has 1 saturated heterocycles. The zero-order chi connectivity index (χ0) is 19.1. The Kier molecular flexibility index (Phi) is 6.88. The Morgan fingerprint density at radius 3 is 2.56 bits per heavy atom. The van der Waals surface area contributed by atoms with Gasteiger partial charge in [-0.3, -0.25) is 9.69 Å². The highest BCUT2D eigenvalue weighted by Gasteiger charge is 2.16. The van der Waals surface area contributed by atoms with Gasteiger partial charge in [0.2, 0.25) is 0 Å². The number of benzene rings is 2. The zero-order valence-corrected chi connectivity index (χ0v) is 16.4. The van der Waals surface area contributed by atoms with E-state index in [9.17, 15) is 4.79 Å². The standard InChI is InChI=1S/C23H30N2O2/c1-18-9-8-12-22(15-18)27-19(2)23(26)24-16-20-10-4-5-11-21(20)17-25-13-6-3-7-14-25/h4-5,8-12,15,19H,3,6-7,13-14,16-17H2,1-2H3,(H,24,26)/t19-/m1/s1. The molecule has 0 saturated carbocycles. The van der Waals surface area contributed by atoms with Gasteiger partial charge in [0.25, 0.3) is 5.91 Å². The molecule has 4 heteroatoms. The average molecular weight is 367 g/mol. The minimum Gasteiger partial charge on any atom is -0.481 e. The van der Waals surface area contributed by atoms with Gasteiger partial charge in [0, 0.05) is 13.1 Å². The van der Waals surface area contributed by atoms with Crippen LogP contribution < -0.4 is 10.1 Å². The molecule has 1 aliphatic rings. The maximum atomic E-state index is 12.5. The number of carbonyl (C=O) groups is 1. The summed E-state index contributed by atoms with van der Waals surface area (Å²) in [6, 6.07) is 16.2. The summed E-state index contributed by atoms with van der Waals surface area (Å²) in [5.41, 5.74) is 3.60. The Morgan fingerprint density at radius 2 is 1.81 bits per heavy atom. The van der Waals surface area contributed by atoms with Crippen molar-refractivity contribution < 1.29 is 9.53 Å². The molecular formula is C23H30N2O2. The fourth-order valence-corrected chi connectivity index (χ4v) is 3.51. The molecule has 3 rings (SSSR count). The molecule has 1 heterocycles. The molecule has 0 radical (unpaired) electrons. The van der Waals surface area contributed by atoms with Crippen LogP contribution in [0.1, 0.15) is 42.9 Å². The monoisotopic (exact) mass is 366 g/mol. The fraction of sp³-hybridized carbons (Fsp3) is 0.435. The van der Waals surface area contributed by atoms with Crippen molar-refractivity contribution in [2.24, 2.45) is 0 Å². The van der Waals surface area contributed by atoms with Gasteiger partial charge in [0.15, 0.2) is 6.10 Å². The van der Waals surface area contributed by atoms with E-state index >= 15 is 0 Å². The summed E-state index contributed by atoms with van der Waals surface area (Å²) in [4.78, 5) is 15.0. The molecule has 1 atom stereocenters. The van der Waals surface area contributed by atoms with Crippen molar-refractivity contribution in [3.63, 3.8) is 0 Å². The third-order valence-corrected chi connectivity index (χ3v) is 5.09. The summed E-state index contributed by atoms with van der Waals surface area (Å²) in [6.07, 6.45) is 3.38. The summed E-state index contributed by atoms with van der Waals surface area (Å²) in [5.74, 6) is 0.632. The van der Waals surface area contributed by atoms with Crippen molar-refractivity contribution in [3.8, 4) is 5.75 Å². The van der Waals surface area contributed by atoms with Crippen LogP contribution in [0.3, 0.4) is 0 Å². The quantitative estimate of drug-likeness (QED) is 0.803. The molecule has 1 amide bonds. The SMILES string of the molecule is Cc1cccc(O[C@H](C)C(=O)NCc2ccccc2CN2CCCCC2)c1. The molecule has 0 aromatic heterocycles. The van der Waals surface area contributed by atoms with Crippen LogP contribution in [-0.4, -0.2) is 30.0 Å². The number of ether oxygens (including phenoxy) is 1. The van der Waals surface area contributed by atoms with E-state index in [1.807, 2.05) is 37.3 Å². The first-order valence-electron chi connectivity index (χ1n) is 9.92. The minimum atomic E-state index is -0.527. The van der Waals surface area contributed by atoms with E-state index in [0.29, 0.717) is 6.54 Å². The topological polar surface area (TPSA) is 41.6 Å². The summed E-state index contributed by atoms with van der Waals surface area (Å²) in [7, 11) is 0. The molecule has 2 aromatic rings. The van der Waals surface area contributed by atoms with Crippen molar-refractivity contribution >= 4 is 5.91 Å². The Hall–Kier alpha value is -2.33. The number of likely N-dealkylation sites (tertiary alicyclic amines) is 1. The van der Waals surface area contributed by atoms with Gasteiger partial charge in [-0.15, -0.1) is 0 Å². The number of hydrogen-bond donors (Lipinski definition) is 1. The Balaban J connectivity index is 1.55. The molecule has 0 spiro atoms. The van der Waals surface area contributed by atoms with Crippen molar-refractivity contribution in [2.75, 3.05) is 13.1 Å². The van der Waals surface area contributed by atoms with Crippen molar-refractivity contribution in [1.29, 1.82) is 0 Å². The first-order valence-corrected chi connectivity index (χ1v) is 9.92. The average Bonchev–Trinajstić information content (AvgIpc) is 2.68. The Labute approximate surface area is 162 Å². The van der Waals surface area contributed by atoms with Crippen molar-refractivity contribution in [1.82, 2.24) is 10.2 Å². The van der Waals surface area contributed by atoms with Crippen LogP contribution in [0.5, 0.6) is 5.75 Å². The molecule has 1 fully saturated rings. The summed E-state index contributed by atoms with van der Waals surface area (Å²) in [5, 5.41) is 3.03. The maximum Gasteiger partial charge on any atom is 0.261 e. The van der Waals surface area contributed by atoms with Gasteiger partial charge in [-0.05, 0) is 68.6 Å². The Bertz CT molecular complexity index is 754. The van der Waals surface area contributed by atoms with Gasteiger partial charge in [-0.2, -0.15) is 0 Å². The van der Waals surface area contributed by atoms with Gasteiger partial charge in [0.1, 0.15) is 5.75 Å². The van der Waals surface area contributed by atoms with Crippen LogP contribution in [0.15, 0.2) is 48.5 Å². The van der Waals surface area contributed by atoms with Gasteiger partial charge < -0.3 is 10.1 Å². The first-order chi connectivity index (χ1) is 13.1. The number of nitrogens with one attached hydrogen (secondary N) is 1. The van der Waals surface area contributed by atoms with E-state index in [1.54, 1.807) is 6.92 Å². The van der Waals surface area contributed by atoms with Gasteiger partial charge >= 0.3 is 0 Å². The van der Waals surface area contributed by atoms with E-state index in [0.717, 1.165) is 17.9 Å². The lowest BCUT2D eigenvalue weighted by Gasteiger charge is -2.27. The molecule has 0 bridgehead atoms. The number of nitrogens with zero attached hydrogens (tertiary/aromatic N) is 1. The highest BCUT2D eigenvalue weighted by molar-refractivity contribution is 5.80. The third-order valence-electron chi connectivity index (χ3n) is 5.09.